The Morgan fingerprint density at radius 2 is 1.88 bits per heavy atom. The van der Waals surface area contributed by atoms with Crippen molar-refractivity contribution in [1.82, 2.24) is 5.32 Å². The first kappa shape index (κ1) is 19.2. The molecule has 1 N–H and O–H groups in total. The van der Waals surface area contributed by atoms with E-state index in [2.05, 4.69) is 10.3 Å². The van der Waals surface area contributed by atoms with Crippen LogP contribution in [0.4, 0.5) is 0 Å². The molecule has 2 aromatic carbocycles. The van der Waals surface area contributed by atoms with Crippen molar-refractivity contribution in [3.8, 4) is 11.5 Å². The topological polar surface area (TPSA) is 42.8 Å². The van der Waals surface area contributed by atoms with Gasteiger partial charge in [-0.2, -0.15) is 0 Å². The maximum atomic E-state index is 6.49. The summed E-state index contributed by atoms with van der Waals surface area (Å²) in [5.74, 6) is 2.50. The zero-order chi connectivity index (χ0) is 18.5. The second-order valence-electron chi connectivity index (χ2n) is 5.80. The highest BCUT2D eigenvalue weighted by Crippen LogP contribution is 2.33. The van der Waals surface area contributed by atoms with E-state index in [0.29, 0.717) is 16.5 Å². The van der Waals surface area contributed by atoms with Crippen LogP contribution in [0.2, 0.25) is 10.0 Å². The van der Waals surface area contributed by atoms with Gasteiger partial charge >= 0.3 is 0 Å². The lowest BCUT2D eigenvalue weighted by molar-refractivity contribution is 0.393. The number of thioether (sulfide) groups is 1. The molecule has 0 spiro atoms. The third-order valence-corrected chi connectivity index (χ3v) is 5.83. The first-order valence-corrected chi connectivity index (χ1v) is 9.94. The normalized spacial score (nSPS) is 14.7. The van der Waals surface area contributed by atoms with Gasteiger partial charge in [0.15, 0.2) is 5.17 Å². The molecule has 1 atom stereocenters. The van der Waals surface area contributed by atoms with Crippen LogP contribution in [0.1, 0.15) is 17.2 Å². The fourth-order valence-electron chi connectivity index (χ4n) is 2.82. The predicted octanol–water partition coefficient (Wildman–Crippen LogP) is 4.99. The highest BCUT2D eigenvalue weighted by atomic mass is 35.5. The van der Waals surface area contributed by atoms with Gasteiger partial charge in [-0.3, -0.25) is 4.99 Å². The first-order chi connectivity index (χ1) is 12.6. The van der Waals surface area contributed by atoms with Crippen molar-refractivity contribution in [1.29, 1.82) is 0 Å². The monoisotopic (exact) mass is 410 g/mol. The lowest BCUT2D eigenvalue weighted by Gasteiger charge is -2.22. The summed E-state index contributed by atoms with van der Waals surface area (Å²) in [5.41, 5.74) is 2.01. The highest BCUT2D eigenvalue weighted by Gasteiger charge is 2.20. The van der Waals surface area contributed by atoms with Crippen molar-refractivity contribution >= 4 is 40.1 Å². The maximum Gasteiger partial charge on any atom is 0.157 e. The van der Waals surface area contributed by atoms with Crippen molar-refractivity contribution in [2.75, 3.05) is 26.5 Å². The summed E-state index contributed by atoms with van der Waals surface area (Å²) in [6.07, 6.45) is 0.688. The number of halogens is 2. The standard InChI is InChI=1S/C19H20Cl2N2O2S/c1-24-13-8-12(9-14(11-13)25-2)10-17(23-19-22-6-7-26-19)15-4-3-5-16(20)18(15)21/h3-5,8-9,11,17H,6-7,10H2,1-2H3,(H,22,23). The third kappa shape index (κ3) is 4.58. The lowest BCUT2D eigenvalue weighted by atomic mass is 9.98. The molecule has 0 bridgehead atoms. The van der Waals surface area contributed by atoms with E-state index >= 15 is 0 Å². The number of hydrogen-bond donors (Lipinski definition) is 1. The fraction of sp³-hybridized carbons (Fsp3) is 0.316. The second kappa shape index (κ2) is 8.89. The van der Waals surface area contributed by atoms with Crippen molar-refractivity contribution in [3.05, 3.63) is 57.6 Å². The minimum Gasteiger partial charge on any atom is -0.497 e. The van der Waals surface area contributed by atoms with E-state index < -0.39 is 0 Å². The van der Waals surface area contributed by atoms with Crippen molar-refractivity contribution in [2.45, 2.75) is 12.5 Å². The van der Waals surface area contributed by atoms with Gasteiger partial charge < -0.3 is 14.8 Å². The Morgan fingerprint density at radius 3 is 2.50 bits per heavy atom. The molecule has 138 valence electrons. The number of rotatable bonds is 6. The van der Waals surface area contributed by atoms with Gasteiger partial charge in [-0.25, -0.2) is 0 Å². The quantitative estimate of drug-likeness (QED) is 0.728. The SMILES string of the molecule is COc1cc(CC(NC2=NCCS2)c2cccc(Cl)c2Cl)cc(OC)c1. The molecular weight excluding hydrogens is 391 g/mol. The zero-order valence-electron chi connectivity index (χ0n) is 14.6. The van der Waals surface area contributed by atoms with Gasteiger partial charge in [0.1, 0.15) is 11.5 Å². The summed E-state index contributed by atoms with van der Waals surface area (Å²) < 4.78 is 10.8. The average molecular weight is 411 g/mol. The number of methoxy groups -OCH3 is 2. The third-order valence-electron chi connectivity index (χ3n) is 4.09. The maximum absolute atomic E-state index is 6.49. The van der Waals surface area contributed by atoms with Crippen LogP contribution in [0.3, 0.4) is 0 Å². The average Bonchev–Trinajstić information content (AvgIpc) is 3.16. The fourth-order valence-corrected chi connectivity index (χ4v) is 4.04. The minimum absolute atomic E-state index is 0.0673. The van der Waals surface area contributed by atoms with Gasteiger partial charge in [-0.15, -0.1) is 0 Å². The molecule has 0 radical (unpaired) electrons. The van der Waals surface area contributed by atoms with E-state index in [1.807, 2.05) is 30.3 Å². The molecule has 3 rings (SSSR count). The van der Waals surface area contributed by atoms with Gasteiger partial charge in [-0.05, 0) is 35.7 Å². The molecule has 4 nitrogen and oxygen atoms in total. The lowest BCUT2D eigenvalue weighted by Crippen LogP contribution is -2.27. The second-order valence-corrected chi connectivity index (χ2v) is 7.67. The molecule has 7 heteroatoms. The highest BCUT2D eigenvalue weighted by molar-refractivity contribution is 8.14. The van der Waals surface area contributed by atoms with E-state index in [4.69, 9.17) is 32.7 Å². The van der Waals surface area contributed by atoms with Crippen molar-refractivity contribution < 1.29 is 9.47 Å². The van der Waals surface area contributed by atoms with Crippen LogP contribution in [0, 0.1) is 0 Å². The number of aliphatic imine (C=N–C) groups is 1. The largest absolute Gasteiger partial charge is 0.497 e. The molecule has 0 saturated heterocycles. The molecule has 1 aliphatic rings. The molecule has 2 aromatic rings. The molecule has 26 heavy (non-hydrogen) atoms. The van der Waals surface area contributed by atoms with Gasteiger partial charge in [0.05, 0.1) is 36.9 Å². The van der Waals surface area contributed by atoms with Crippen LogP contribution in [0.15, 0.2) is 41.4 Å². The number of benzene rings is 2. The Labute approximate surface area is 167 Å². The van der Waals surface area contributed by atoms with Crippen LogP contribution in [-0.2, 0) is 6.42 Å². The van der Waals surface area contributed by atoms with Crippen molar-refractivity contribution in [3.63, 3.8) is 0 Å². The zero-order valence-corrected chi connectivity index (χ0v) is 16.9. The van der Waals surface area contributed by atoms with Crippen LogP contribution >= 0.6 is 35.0 Å². The van der Waals surface area contributed by atoms with Crippen LogP contribution < -0.4 is 14.8 Å². The summed E-state index contributed by atoms with van der Waals surface area (Å²) in [7, 11) is 3.29. The molecule has 0 fully saturated rings. The number of amidine groups is 1. The van der Waals surface area contributed by atoms with E-state index in [1.54, 1.807) is 32.0 Å². The molecule has 0 amide bonds. The molecular formula is C19H20Cl2N2O2S. The minimum atomic E-state index is -0.0673. The van der Waals surface area contributed by atoms with Gasteiger partial charge in [0.2, 0.25) is 0 Å². The Balaban J connectivity index is 1.94. The number of nitrogens with zero attached hydrogens (tertiary/aromatic N) is 1. The van der Waals surface area contributed by atoms with Crippen LogP contribution in [-0.4, -0.2) is 31.7 Å². The summed E-state index contributed by atoms with van der Waals surface area (Å²) in [5, 5.41) is 5.55. The van der Waals surface area contributed by atoms with Gasteiger partial charge in [0, 0.05) is 11.8 Å². The number of ether oxygens (including phenoxy) is 2. The summed E-state index contributed by atoms with van der Waals surface area (Å²) in [6, 6.07) is 11.5. The Morgan fingerprint density at radius 1 is 1.15 bits per heavy atom. The molecule has 1 heterocycles. The van der Waals surface area contributed by atoms with E-state index in [1.165, 1.54) is 0 Å². The molecule has 0 saturated carbocycles. The molecule has 1 aliphatic heterocycles. The van der Waals surface area contributed by atoms with Crippen LogP contribution in [0.5, 0.6) is 11.5 Å². The Bertz CT molecular complexity index is 792. The van der Waals surface area contributed by atoms with E-state index in [0.717, 1.165) is 40.1 Å². The smallest absolute Gasteiger partial charge is 0.157 e. The summed E-state index contributed by atoms with van der Waals surface area (Å²) in [6.45, 7) is 0.829. The van der Waals surface area contributed by atoms with Gasteiger partial charge in [-0.1, -0.05) is 47.1 Å². The summed E-state index contributed by atoms with van der Waals surface area (Å²) >= 11 is 14.4. The van der Waals surface area contributed by atoms with E-state index in [-0.39, 0.29) is 6.04 Å². The summed E-state index contributed by atoms with van der Waals surface area (Å²) in [4.78, 5) is 4.51. The van der Waals surface area contributed by atoms with Gasteiger partial charge in [0.25, 0.3) is 0 Å². The predicted molar refractivity (Wildman–Crippen MR) is 110 cm³/mol. The van der Waals surface area contributed by atoms with E-state index in [9.17, 15) is 0 Å². The molecule has 0 aromatic heterocycles. The first-order valence-electron chi connectivity index (χ1n) is 8.20. The molecule has 1 unspecified atom stereocenters. The Kier molecular flexibility index (Phi) is 6.57. The number of nitrogens with one attached hydrogen (secondary N) is 1. The Hall–Kier alpha value is -1.56. The molecule has 0 aliphatic carbocycles. The van der Waals surface area contributed by atoms with Crippen molar-refractivity contribution in [2.24, 2.45) is 4.99 Å². The number of hydrogen-bond acceptors (Lipinski definition) is 5. The van der Waals surface area contributed by atoms with Crippen LogP contribution in [0.25, 0.3) is 0 Å².